The van der Waals surface area contributed by atoms with Crippen molar-refractivity contribution in [2.75, 3.05) is 11.9 Å². The van der Waals surface area contributed by atoms with Crippen LogP contribution in [-0.2, 0) is 0 Å². The summed E-state index contributed by atoms with van der Waals surface area (Å²) < 4.78 is 0. The Kier molecular flexibility index (Phi) is 4.37. The molecule has 0 bridgehead atoms. The number of urea groups is 1. The highest BCUT2D eigenvalue weighted by Gasteiger charge is 2.18. The number of aryl methyl sites for hydroxylation is 1. The van der Waals surface area contributed by atoms with Crippen molar-refractivity contribution in [2.24, 2.45) is 5.73 Å². The molecule has 4 N–H and O–H groups in total. The van der Waals surface area contributed by atoms with Crippen LogP contribution in [0.1, 0.15) is 19.4 Å². The maximum absolute atomic E-state index is 11.7. The van der Waals surface area contributed by atoms with E-state index in [1.165, 1.54) is 0 Å². The van der Waals surface area contributed by atoms with Crippen LogP contribution in [0.2, 0.25) is 5.02 Å². The highest BCUT2D eigenvalue weighted by molar-refractivity contribution is 6.31. The number of hydrogen-bond acceptors (Lipinski definition) is 2. The van der Waals surface area contributed by atoms with E-state index in [9.17, 15) is 4.79 Å². The number of carbonyl (C=O) groups is 1. The van der Waals surface area contributed by atoms with Gasteiger partial charge in [-0.25, -0.2) is 4.79 Å². The van der Waals surface area contributed by atoms with Gasteiger partial charge in [-0.05, 0) is 38.5 Å². The van der Waals surface area contributed by atoms with Crippen molar-refractivity contribution in [2.45, 2.75) is 26.3 Å². The van der Waals surface area contributed by atoms with Gasteiger partial charge in [0.05, 0.1) is 0 Å². The van der Waals surface area contributed by atoms with Crippen molar-refractivity contribution in [3.8, 4) is 0 Å². The zero-order valence-electron chi connectivity index (χ0n) is 10.3. The predicted molar refractivity (Wildman–Crippen MR) is 71.5 cm³/mol. The molecule has 0 fully saturated rings. The number of nitrogens with two attached hydrogens (primary N) is 1. The molecule has 0 saturated carbocycles. The number of benzene rings is 1. The molecule has 1 aromatic rings. The highest BCUT2D eigenvalue weighted by atomic mass is 35.5. The molecule has 0 aliphatic heterocycles. The Bertz CT molecular complexity index is 418. The maximum atomic E-state index is 11.7. The quantitative estimate of drug-likeness (QED) is 0.777. The van der Waals surface area contributed by atoms with Gasteiger partial charge < -0.3 is 16.4 Å². The molecular weight excluding hydrogens is 238 g/mol. The van der Waals surface area contributed by atoms with Gasteiger partial charge in [0, 0.05) is 22.8 Å². The number of halogens is 1. The first-order valence-electron chi connectivity index (χ1n) is 5.39. The second kappa shape index (κ2) is 5.38. The summed E-state index contributed by atoms with van der Waals surface area (Å²) in [6.07, 6.45) is 0. The molecule has 0 atom stereocenters. The molecular formula is C12H18ClN3O. The topological polar surface area (TPSA) is 67.2 Å². The van der Waals surface area contributed by atoms with Crippen molar-refractivity contribution in [1.29, 1.82) is 0 Å². The molecule has 1 rings (SSSR count). The van der Waals surface area contributed by atoms with Gasteiger partial charge in [-0.2, -0.15) is 0 Å². The van der Waals surface area contributed by atoms with Gasteiger partial charge in [-0.1, -0.05) is 17.7 Å². The van der Waals surface area contributed by atoms with Crippen LogP contribution in [0.15, 0.2) is 18.2 Å². The van der Waals surface area contributed by atoms with Gasteiger partial charge >= 0.3 is 6.03 Å². The molecule has 17 heavy (non-hydrogen) atoms. The van der Waals surface area contributed by atoms with Crippen molar-refractivity contribution in [3.05, 3.63) is 28.8 Å². The fraction of sp³-hybridized carbons (Fsp3) is 0.417. The Balaban J connectivity index is 2.65. The monoisotopic (exact) mass is 255 g/mol. The summed E-state index contributed by atoms with van der Waals surface area (Å²) in [7, 11) is 0. The molecule has 0 heterocycles. The molecule has 94 valence electrons. The molecule has 0 radical (unpaired) electrons. The normalized spacial score (nSPS) is 11.1. The lowest BCUT2D eigenvalue weighted by Gasteiger charge is -2.24. The Morgan fingerprint density at radius 2 is 2.12 bits per heavy atom. The lowest BCUT2D eigenvalue weighted by Crippen LogP contribution is -2.50. The third kappa shape index (κ3) is 4.24. The molecule has 0 aliphatic rings. The number of carbonyl (C=O) groups excluding carboxylic acids is 1. The summed E-state index contributed by atoms with van der Waals surface area (Å²) in [6, 6.07) is 5.08. The van der Waals surface area contributed by atoms with E-state index in [1.807, 2.05) is 26.8 Å². The Morgan fingerprint density at radius 3 is 2.65 bits per heavy atom. The van der Waals surface area contributed by atoms with Gasteiger partial charge in [0.1, 0.15) is 0 Å². The molecule has 5 heteroatoms. The van der Waals surface area contributed by atoms with Crippen molar-refractivity contribution >= 4 is 23.3 Å². The van der Waals surface area contributed by atoms with E-state index < -0.39 is 5.54 Å². The molecule has 0 saturated heterocycles. The van der Waals surface area contributed by atoms with Crippen LogP contribution in [0.5, 0.6) is 0 Å². The molecule has 0 unspecified atom stereocenters. The second-order valence-corrected chi connectivity index (χ2v) is 5.04. The molecule has 1 aromatic carbocycles. The fourth-order valence-electron chi connectivity index (χ4n) is 1.19. The molecule has 0 spiro atoms. The van der Waals surface area contributed by atoms with Crippen LogP contribution in [-0.4, -0.2) is 18.1 Å². The number of hydrogen-bond donors (Lipinski definition) is 3. The minimum Gasteiger partial charge on any atom is -0.332 e. The largest absolute Gasteiger partial charge is 0.332 e. The van der Waals surface area contributed by atoms with Crippen LogP contribution in [0.3, 0.4) is 0 Å². The van der Waals surface area contributed by atoms with E-state index in [1.54, 1.807) is 12.1 Å². The number of rotatable bonds is 3. The minimum absolute atomic E-state index is 0.291. The number of amides is 2. The smallest absolute Gasteiger partial charge is 0.319 e. The van der Waals surface area contributed by atoms with Gasteiger partial charge in [0.25, 0.3) is 0 Å². The zero-order valence-corrected chi connectivity index (χ0v) is 11.1. The first kappa shape index (κ1) is 13.8. The van der Waals surface area contributed by atoms with Crippen LogP contribution in [0.25, 0.3) is 0 Å². The summed E-state index contributed by atoms with van der Waals surface area (Å²) in [6.45, 7) is 5.99. The van der Waals surface area contributed by atoms with E-state index in [0.29, 0.717) is 17.3 Å². The molecule has 0 aromatic heterocycles. The van der Waals surface area contributed by atoms with Crippen LogP contribution in [0.4, 0.5) is 10.5 Å². The summed E-state index contributed by atoms with van der Waals surface area (Å²) in [5.41, 5.74) is 6.73. The van der Waals surface area contributed by atoms with Crippen molar-refractivity contribution < 1.29 is 4.79 Å². The van der Waals surface area contributed by atoms with E-state index in [-0.39, 0.29) is 6.03 Å². The van der Waals surface area contributed by atoms with E-state index in [2.05, 4.69) is 10.6 Å². The second-order valence-electron chi connectivity index (χ2n) is 4.63. The summed E-state index contributed by atoms with van der Waals surface area (Å²) in [5.74, 6) is 0. The Morgan fingerprint density at radius 1 is 1.47 bits per heavy atom. The number of anilines is 1. The third-order valence-corrected chi connectivity index (χ3v) is 2.80. The Labute approximate surface area is 107 Å². The zero-order chi connectivity index (χ0) is 13.1. The fourth-order valence-corrected chi connectivity index (χ4v) is 1.37. The predicted octanol–water partition coefficient (Wildman–Crippen LogP) is 2.51. The minimum atomic E-state index is -0.432. The van der Waals surface area contributed by atoms with Gasteiger partial charge in [-0.3, -0.25) is 0 Å². The lowest BCUT2D eigenvalue weighted by atomic mass is 10.1. The van der Waals surface area contributed by atoms with Crippen LogP contribution in [0, 0.1) is 6.92 Å². The van der Waals surface area contributed by atoms with Crippen molar-refractivity contribution in [3.63, 3.8) is 0 Å². The highest BCUT2D eigenvalue weighted by Crippen LogP contribution is 2.19. The molecule has 0 aliphatic carbocycles. The standard InChI is InChI=1S/C12H18ClN3O/c1-8-4-5-9(6-10(8)13)15-11(17)16-12(2,3)7-14/h4-6H,7,14H2,1-3H3,(H2,15,16,17). The van der Waals surface area contributed by atoms with Gasteiger partial charge in [0.2, 0.25) is 0 Å². The SMILES string of the molecule is Cc1ccc(NC(=O)NC(C)(C)CN)cc1Cl. The summed E-state index contributed by atoms with van der Waals surface area (Å²) in [5, 5.41) is 6.11. The van der Waals surface area contributed by atoms with Crippen LogP contribution < -0.4 is 16.4 Å². The van der Waals surface area contributed by atoms with Gasteiger partial charge in [0.15, 0.2) is 0 Å². The van der Waals surface area contributed by atoms with Crippen molar-refractivity contribution in [1.82, 2.24) is 5.32 Å². The van der Waals surface area contributed by atoms with E-state index >= 15 is 0 Å². The maximum Gasteiger partial charge on any atom is 0.319 e. The van der Waals surface area contributed by atoms with Gasteiger partial charge in [-0.15, -0.1) is 0 Å². The summed E-state index contributed by atoms with van der Waals surface area (Å²) >= 11 is 5.97. The Hall–Kier alpha value is -1.26. The summed E-state index contributed by atoms with van der Waals surface area (Å²) in [4.78, 5) is 11.7. The number of nitrogens with one attached hydrogen (secondary N) is 2. The first-order chi connectivity index (χ1) is 7.84. The molecule has 4 nitrogen and oxygen atoms in total. The van der Waals surface area contributed by atoms with E-state index in [4.69, 9.17) is 17.3 Å². The van der Waals surface area contributed by atoms with E-state index in [0.717, 1.165) is 5.56 Å². The average Bonchev–Trinajstić information content (AvgIpc) is 2.23. The molecule has 2 amide bonds. The first-order valence-corrected chi connectivity index (χ1v) is 5.77. The third-order valence-electron chi connectivity index (χ3n) is 2.39. The van der Waals surface area contributed by atoms with Crippen LogP contribution >= 0.6 is 11.6 Å². The lowest BCUT2D eigenvalue weighted by molar-refractivity contribution is 0.242. The average molecular weight is 256 g/mol.